The molecule has 1 aromatic carbocycles. The summed E-state index contributed by atoms with van der Waals surface area (Å²) < 4.78 is 0. The number of nitrogen functional groups attached to an aromatic ring is 1. The van der Waals surface area contributed by atoms with Crippen LogP contribution in [0.15, 0.2) is 24.3 Å². The summed E-state index contributed by atoms with van der Waals surface area (Å²) in [5.74, 6) is 0.379. The monoisotopic (exact) mass is 328 g/mol. The quantitative estimate of drug-likeness (QED) is 0.433. The first-order valence-corrected chi connectivity index (χ1v) is 9.28. The fourth-order valence-electron chi connectivity index (χ4n) is 3.54. The smallest absolute Gasteiger partial charge is 0.160 e. The van der Waals surface area contributed by atoms with Crippen LogP contribution >= 0.6 is 0 Å². The highest BCUT2D eigenvalue weighted by molar-refractivity contribution is 5.98. The van der Waals surface area contributed by atoms with E-state index < -0.39 is 0 Å². The Labute approximate surface area is 146 Å². The molecule has 1 atom stereocenters. The van der Waals surface area contributed by atoms with Crippen molar-refractivity contribution in [2.45, 2.75) is 71.8 Å². The molecule has 0 aromatic heterocycles. The highest BCUT2D eigenvalue weighted by Gasteiger charge is 2.28. The summed E-state index contributed by atoms with van der Waals surface area (Å²) in [6.45, 7) is 8.63. The molecular weight excluding hydrogens is 296 g/mol. The summed E-state index contributed by atoms with van der Waals surface area (Å²) in [6.07, 6.45) is 8.16. The van der Waals surface area contributed by atoms with Crippen LogP contribution in [0.4, 0.5) is 5.69 Å². The summed E-state index contributed by atoms with van der Waals surface area (Å²) in [5.41, 5.74) is 9.93. The van der Waals surface area contributed by atoms with Crippen LogP contribution in [0.2, 0.25) is 0 Å². The third-order valence-corrected chi connectivity index (χ3v) is 4.86. The fraction of sp³-hybridized carbons (Fsp3) is 0.571. The molecule has 0 saturated carbocycles. The Bertz CT molecular complexity index is 616. The van der Waals surface area contributed by atoms with Gasteiger partial charge in [-0.2, -0.15) is 0 Å². The molecule has 24 heavy (non-hydrogen) atoms. The summed E-state index contributed by atoms with van der Waals surface area (Å²) in [4.78, 5) is 12.8. The van der Waals surface area contributed by atoms with Gasteiger partial charge >= 0.3 is 0 Å². The van der Waals surface area contributed by atoms with E-state index >= 15 is 0 Å². The normalized spacial score (nSPS) is 18.8. The maximum Gasteiger partial charge on any atom is 0.160 e. The lowest BCUT2D eigenvalue weighted by Crippen LogP contribution is -2.44. The van der Waals surface area contributed by atoms with E-state index in [4.69, 9.17) is 5.73 Å². The fourth-order valence-corrected chi connectivity index (χ4v) is 3.54. The van der Waals surface area contributed by atoms with Crippen LogP contribution in [-0.2, 0) is 11.2 Å². The van der Waals surface area contributed by atoms with Gasteiger partial charge in [-0.1, -0.05) is 39.2 Å². The van der Waals surface area contributed by atoms with E-state index in [0.29, 0.717) is 0 Å². The van der Waals surface area contributed by atoms with Crippen molar-refractivity contribution < 1.29 is 4.79 Å². The van der Waals surface area contributed by atoms with Gasteiger partial charge in [0.1, 0.15) is 0 Å². The number of allylic oxidation sites excluding steroid dienone is 1. The zero-order chi connectivity index (χ0) is 17.7. The Hall–Kier alpha value is -1.77. The molecular formula is C21H32N2O. The SMILES string of the molecule is CCCCCC(CC)C(=O)/C=C1\NC(C)(C)Cc2cc(N)ccc21. The van der Waals surface area contributed by atoms with E-state index in [2.05, 4.69) is 33.0 Å². The molecule has 1 aromatic rings. The van der Waals surface area contributed by atoms with Crippen LogP contribution in [0, 0.1) is 5.92 Å². The first-order chi connectivity index (χ1) is 11.4. The highest BCUT2D eigenvalue weighted by Crippen LogP contribution is 2.31. The number of ketones is 1. The van der Waals surface area contributed by atoms with Gasteiger partial charge in [0, 0.05) is 34.5 Å². The molecule has 1 unspecified atom stereocenters. The first-order valence-electron chi connectivity index (χ1n) is 9.28. The van der Waals surface area contributed by atoms with Crippen molar-refractivity contribution in [2.75, 3.05) is 5.73 Å². The second-order valence-electron chi connectivity index (χ2n) is 7.66. The van der Waals surface area contributed by atoms with Crippen LogP contribution in [-0.4, -0.2) is 11.3 Å². The molecule has 2 rings (SSSR count). The van der Waals surface area contributed by atoms with Gasteiger partial charge in [0.25, 0.3) is 0 Å². The third kappa shape index (κ3) is 4.62. The second-order valence-corrected chi connectivity index (χ2v) is 7.66. The minimum Gasteiger partial charge on any atom is -0.399 e. The standard InChI is InChI=1S/C21H32N2O/c1-5-7-8-9-15(6-2)20(24)13-19-18-11-10-17(22)12-16(18)14-21(3,4)23-19/h10-13,15,23H,5-9,14,22H2,1-4H3/b19-13-. The average molecular weight is 329 g/mol. The minimum absolute atomic E-state index is 0.0726. The average Bonchev–Trinajstić information content (AvgIpc) is 2.49. The Balaban J connectivity index is 2.26. The first kappa shape index (κ1) is 18.6. The van der Waals surface area contributed by atoms with Gasteiger partial charge in [0.2, 0.25) is 0 Å². The topological polar surface area (TPSA) is 55.1 Å². The van der Waals surface area contributed by atoms with Crippen molar-refractivity contribution in [1.29, 1.82) is 0 Å². The van der Waals surface area contributed by atoms with Crippen LogP contribution < -0.4 is 11.1 Å². The molecule has 3 heteroatoms. The third-order valence-electron chi connectivity index (χ3n) is 4.86. The number of hydrogen-bond acceptors (Lipinski definition) is 3. The Morgan fingerprint density at radius 1 is 1.33 bits per heavy atom. The molecule has 3 N–H and O–H groups in total. The summed E-state index contributed by atoms with van der Waals surface area (Å²) in [6, 6.07) is 5.98. The molecule has 0 saturated heterocycles. The Morgan fingerprint density at radius 2 is 2.08 bits per heavy atom. The van der Waals surface area contributed by atoms with Crippen molar-refractivity contribution in [3.63, 3.8) is 0 Å². The number of carbonyl (C=O) groups is 1. The summed E-state index contributed by atoms with van der Waals surface area (Å²) in [7, 11) is 0. The molecule has 132 valence electrons. The van der Waals surface area contributed by atoms with Gasteiger partial charge < -0.3 is 11.1 Å². The number of unbranched alkanes of at least 4 members (excludes halogenated alkanes) is 2. The van der Waals surface area contributed by atoms with E-state index in [-0.39, 0.29) is 17.2 Å². The van der Waals surface area contributed by atoms with Crippen molar-refractivity contribution in [3.05, 3.63) is 35.4 Å². The lowest BCUT2D eigenvalue weighted by atomic mass is 9.84. The summed E-state index contributed by atoms with van der Waals surface area (Å²) >= 11 is 0. The minimum atomic E-state index is -0.0726. The molecule has 3 nitrogen and oxygen atoms in total. The molecule has 0 aliphatic carbocycles. The van der Waals surface area contributed by atoms with Gasteiger partial charge in [-0.25, -0.2) is 0 Å². The van der Waals surface area contributed by atoms with Crippen LogP contribution in [0.5, 0.6) is 0 Å². The maximum absolute atomic E-state index is 12.8. The van der Waals surface area contributed by atoms with Crippen molar-refractivity contribution in [2.24, 2.45) is 5.92 Å². The van der Waals surface area contributed by atoms with Gasteiger partial charge in [-0.05, 0) is 50.8 Å². The predicted molar refractivity (Wildman–Crippen MR) is 103 cm³/mol. The van der Waals surface area contributed by atoms with Gasteiger partial charge in [-0.15, -0.1) is 0 Å². The highest BCUT2D eigenvalue weighted by atomic mass is 16.1. The zero-order valence-corrected chi connectivity index (χ0v) is 15.6. The number of nitrogens with one attached hydrogen (secondary N) is 1. The molecule has 1 aliphatic heterocycles. The number of hydrogen-bond donors (Lipinski definition) is 2. The van der Waals surface area contributed by atoms with Crippen molar-refractivity contribution in [3.8, 4) is 0 Å². The largest absolute Gasteiger partial charge is 0.399 e. The number of carbonyl (C=O) groups excluding carboxylic acids is 1. The van der Waals surface area contributed by atoms with Crippen LogP contribution in [0.1, 0.15) is 70.9 Å². The number of anilines is 1. The molecule has 0 spiro atoms. The molecule has 1 aliphatic rings. The zero-order valence-electron chi connectivity index (χ0n) is 15.6. The van der Waals surface area contributed by atoms with E-state index in [1.807, 2.05) is 24.3 Å². The lowest BCUT2D eigenvalue weighted by molar-refractivity contribution is -0.118. The molecule has 1 heterocycles. The van der Waals surface area contributed by atoms with E-state index in [1.165, 1.54) is 18.4 Å². The van der Waals surface area contributed by atoms with Gasteiger partial charge in [0.05, 0.1) is 0 Å². The van der Waals surface area contributed by atoms with E-state index in [9.17, 15) is 4.79 Å². The van der Waals surface area contributed by atoms with E-state index in [0.717, 1.165) is 42.6 Å². The molecule has 0 fully saturated rings. The second kappa shape index (κ2) is 7.87. The molecule has 0 amide bonds. The number of fused-ring (bicyclic) bond motifs is 1. The van der Waals surface area contributed by atoms with Crippen LogP contribution in [0.3, 0.4) is 0 Å². The summed E-state index contributed by atoms with van der Waals surface area (Å²) in [5, 5.41) is 3.54. The van der Waals surface area contributed by atoms with Gasteiger partial charge in [0.15, 0.2) is 5.78 Å². The Morgan fingerprint density at radius 3 is 2.75 bits per heavy atom. The molecule has 0 bridgehead atoms. The maximum atomic E-state index is 12.8. The van der Waals surface area contributed by atoms with Crippen molar-refractivity contribution >= 4 is 17.2 Å². The van der Waals surface area contributed by atoms with Gasteiger partial charge in [-0.3, -0.25) is 4.79 Å². The lowest BCUT2D eigenvalue weighted by Gasteiger charge is -2.36. The number of rotatable bonds is 7. The Kier molecular flexibility index (Phi) is 6.09. The van der Waals surface area contributed by atoms with E-state index in [1.54, 1.807) is 0 Å². The predicted octanol–water partition coefficient (Wildman–Crippen LogP) is 4.71. The van der Waals surface area contributed by atoms with Crippen LogP contribution in [0.25, 0.3) is 5.70 Å². The number of benzene rings is 1. The molecule has 0 radical (unpaired) electrons. The number of nitrogens with two attached hydrogens (primary N) is 1. The van der Waals surface area contributed by atoms with Crippen molar-refractivity contribution in [1.82, 2.24) is 5.32 Å².